The van der Waals surface area contributed by atoms with Gasteiger partial charge in [-0.3, -0.25) is 0 Å². The fourth-order valence-corrected chi connectivity index (χ4v) is 2.20. The quantitative estimate of drug-likeness (QED) is 0.826. The van der Waals surface area contributed by atoms with E-state index in [1.54, 1.807) is 12.5 Å². The maximum Gasteiger partial charge on any atom is 0.137 e. The van der Waals surface area contributed by atoms with Gasteiger partial charge in [0.15, 0.2) is 0 Å². The fraction of sp³-hybridized carbons (Fsp3) is 0.462. The lowest BCUT2D eigenvalue weighted by Gasteiger charge is -2.17. The number of rotatable bonds is 6. The van der Waals surface area contributed by atoms with Crippen molar-refractivity contribution in [2.45, 2.75) is 39.3 Å². The van der Waals surface area contributed by atoms with Gasteiger partial charge in [-0.2, -0.15) is 0 Å². The SMILES string of the molecule is CCCc1c(Cl)ncnc1NC(C)Cn1ccnc1. The van der Waals surface area contributed by atoms with Gasteiger partial charge in [-0.05, 0) is 13.3 Å². The Kier molecular flexibility index (Phi) is 4.74. The first-order valence-electron chi connectivity index (χ1n) is 6.42. The lowest BCUT2D eigenvalue weighted by Crippen LogP contribution is -2.23. The van der Waals surface area contributed by atoms with Crippen molar-refractivity contribution in [2.24, 2.45) is 0 Å². The molecule has 0 saturated carbocycles. The molecule has 0 saturated heterocycles. The number of aromatic nitrogens is 4. The molecular weight excluding hydrogens is 262 g/mol. The molecule has 2 aromatic heterocycles. The molecule has 0 aromatic carbocycles. The fourth-order valence-electron chi connectivity index (χ4n) is 1.98. The Balaban J connectivity index is 2.07. The molecule has 1 N–H and O–H groups in total. The van der Waals surface area contributed by atoms with Crippen molar-refractivity contribution in [3.8, 4) is 0 Å². The van der Waals surface area contributed by atoms with Crippen molar-refractivity contribution in [2.75, 3.05) is 5.32 Å². The number of nitrogens with one attached hydrogen (secondary N) is 1. The first kappa shape index (κ1) is 13.8. The molecular formula is C13H18ClN5. The van der Waals surface area contributed by atoms with Crippen LogP contribution in [-0.4, -0.2) is 25.6 Å². The van der Waals surface area contributed by atoms with E-state index >= 15 is 0 Å². The van der Waals surface area contributed by atoms with Crippen LogP contribution in [0.5, 0.6) is 0 Å². The van der Waals surface area contributed by atoms with E-state index in [1.807, 2.05) is 10.8 Å². The number of hydrogen-bond acceptors (Lipinski definition) is 4. The lowest BCUT2D eigenvalue weighted by molar-refractivity contribution is 0.616. The third-order valence-electron chi connectivity index (χ3n) is 2.82. The summed E-state index contributed by atoms with van der Waals surface area (Å²) in [7, 11) is 0. The van der Waals surface area contributed by atoms with Gasteiger partial charge in [-0.25, -0.2) is 15.0 Å². The number of halogens is 1. The smallest absolute Gasteiger partial charge is 0.137 e. The molecule has 0 radical (unpaired) electrons. The molecule has 6 heteroatoms. The van der Waals surface area contributed by atoms with E-state index in [0.29, 0.717) is 5.15 Å². The van der Waals surface area contributed by atoms with Gasteiger partial charge in [0, 0.05) is 30.5 Å². The van der Waals surface area contributed by atoms with E-state index in [4.69, 9.17) is 11.6 Å². The monoisotopic (exact) mass is 279 g/mol. The largest absolute Gasteiger partial charge is 0.365 e. The lowest BCUT2D eigenvalue weighted by atomic mass is 10.2. The first-order chi connectivity index (χ1) is 9.20. The summed E-state index contributed by atoms with van der Waals surface area (Å²) in [6.45, 7) is 5.04. The van der Waals surface area contributed by atoms with Crippen LogP contribution in [0.25, 0.3) is 0 Å². The topological polar surface area (TPSA) is 55.6 Å². The summed E-state index contributed by atoms with van der Waals surface area (Å²) in [4.78, 5) is 12.4. The standard InChI is InChI=1S/C13H18ClN5/c1-3-4-11-12(14)16-8-17-13(11)18-10(2)7-19-6-5-15-9-19/h5-6,8-10H,3-4,7H2,1-2H3,(H,16,17,18). The molecule has 19 heavy (non-hydrogen) atoms. The van der Waals surface area contributed by atoms with Crippen LogP contribution in [0.4, 0.5) is 5.82 Å². The number of anilines is 1. The van der Waals surface area contributed by atoms with Crippen LogP contribution in [0, 0.1) is 0 Å². The van der Waals surface area contributed by atoms with Gasteiger partial charge in [-0.15, -0.1) is 0 Å². The molecule has 102 valence electrons. The zero-order valence-corrected chi connectivity index (χ0v) is 11.9. The highest BCUT2D eigenvalue weighted by Crippen LogP contribution is 2.22. The molecule has 0 bridgehead atoms. The van der Waals surface area contributed by atoms with Crippen molar-refractivity contribution >= 4 is 17.4 Å². The molecule has 0 aliphatic rings. The summed E-state index contributed by atoms with van der Waals surface area (Å²) in [6, 6.07) is 0.232. The Morgan fingerprint density at radius 3 is 2.95 bits per heavy atom. The van der Waals surface area contributed by atoms with E-state index < -0.39 is 0 Å². The van der Waals surface area contributed by atoms with E-state index in [-0.39, 0.29) is 6.04 Å². The molecule has 0 aliphatic carbocycles. The van der Waals surface area contributed by atoms with E-state index in [0.717, 1.165) is 30.8 Å². The highest BCUT2D eigenvalue weighted by molar-refractivity contribution is 6.30. The first-order valence-corrected chi connectivity index (χ1v) is 6.80. The molecule has 5 nitrogen and oxygen atoms in total. The van der Waals surface area contributed by atoms with Crippen LogP contribution in [0.3, 0.4) is 0 Å². The van der Waals surface area contributed by atoms with Gasteiger partial charge in [0.05, 0.1) is 6.33 Å². The van der Waals surface area contributed by atoms with Crippen molar-refractivity contribution in [1.82, 2.24) is 19.5 Å². The Bertz CT molecular complexity index is 512. The van der Waals surface area contributed by atoms with Crippen molar-refractivity contribution in [1.29, 1.82) is 0 Å². The number of hydrogen-bond donors (Lipinski definition) is 1. The van der Waals surface area contributed by atoms with Gasteiger partial charge in [0.25, 0.3) is 0 Å². The van der Waals surface area contributed by atoms with E-state index in [2.05, 4.69) is 34.1 Å². The van der Waals surface area contributed by atoms with E-state index in [1.165, 1.54) is 6.33 Å². The van der Waals surface area contributed by atoms with Gasteiger partial charge >= 0.3 is 0 Å². The van der Waals surface area contributed by atoms with Crippen molar-refractivity contribution in [3.05, 3.63) is 35.8 Å². The second-order valence-corrected chi connectivity index (χ2v) is 4.90. The summed E-state index contributed by atoms with van der Waals surface area (Å²) in [6.07, 6.45) is 8.90. The maximum absolute atomic E-state index is 6.13. The van der Waals surface area contributed by atoms with Gasteiger partial charge in [0.1, 0.15) is 17.3 Å². The van der Waals surface area contributed by atoms with Crippen LogP contribution in [0.15, 0.2) is 25.0 Å². The Labute approximate surface area is 118 Å². The Morgan fingerprint density at radius 1 is 1.42 bits per heavy atom. The molecule has 0 spiro atoms. The Morgan fingerprint density at radius 2 is 2.26 bits per heavy atom. The third kappa shape index (κ3) is 3.67. The molecule has 0 aliphatic heterocycles. The third-order valence-corrected chi connectivity index (χ3v) is 3.15. The van der Waals surface area contributed by atoms with Gasteiger partial charge in [0.2, 0.25) is 0 Å². The average molecular weight is 280 g/mol. The van der Waals surface area contributed by atoms with Crippen molar-refractivity contribution in [3.63, 3.8) is 0 Å². The average Bonchev–Trinajstić information content (AvgIpc) is 2.86. The number of nitrogens with zero attached hydrogens (tertiary/aromatic N) is 4. The van der Waals surface area contributed by atoms with Crippen LogP contribution in [0.2, 0.25) is 5.15 Å². The minimum Gasteiger partial charge on any atom is -0.365 e. The summed E-state index contributed by atoms with van der Waals surface area (Å²) < 4.78 is 2.03. The predicted octanol–water partition coefficient (Wildman–Crippen LogP) is 2.78. The molecule has 2 rings (SSSR count). The highest BCUT2D eigenvalue weighted by Gasteiger charge is 2.11. The van der Waals surface area contributed by atoms with Crippen LogP contribution in [0.1, 0.15) is 25.8 Å². The molecule has 2 aromatic rings. The summed E-state index contributed by atoms with van der Waals surface area (Å²) in [5.74, 6) is 0.828. The summed E-state index contributed by atoms with van der Waals surface area (Å²) in [5, 5.41) is 3.93. The second kappa shape index (κ2) is 6.52. The van der Waals surface area contributed by atoms with Gasteiger partial charge in [-0.1, -0.05) is 24.9 Å². The normalized spacial score (nSPS) is 12.4. The minimum absolute atomic E-state index is 0.232. The molecule has 1 unspecified atom stereocenters. The number of imidazole rings is 1. The van der Waals surface area contributed by atoms with Crippen molar-refractivity contribution < 1.29 is 0 Å². The maximum atomic E-state index is 6.13. The molecule has 0 fully saturated rings. The predicted molar refractivity (Wildman–Crippen MR) is 76.3 cm³/mol. The van der Waals surface area contributed by atoms with Crippen LogP contribution >= 0.6 is 11.6 Å². The summed E-state index contributed by atoms with van der Waals surface area (Å²) in [5.41, 5.74) is 0.990. The van der Waals surface area contributed by atoms with E-state index in [9.17, 15) is 0 Å². The zero-order valence-electron chi connectivity index (χ0n) is 11.2. The molecule has 1 atom stereocenters. The molecule has 0 amide bonds. The molecule has 2 heterocycles. The van der Waals surface area contributed by atoms with Crippen LogP contribution in [-0.2, 0) is 13.0 Å². The van der Waals surface area contributed by atoms with Crippen LogP contribution < -0.4 is 5.32 Å². The second-order valence-electron chi connectivity index (χ2n) is 4.55. The zero-order chi connectivity index (χ0) is 13.7. The van der Waals surface area contributed by atoms with Gasteiger partial charge < -0.3 is 9.88 Å². The minimum atomic E-state index is 0.232. The summed E-state index contributed by atoms with van der Waals surface area (Å²) >= 11 is 6.13. The Hall–Kier alpha value is -1.62. The highest BCUT2D eigenvalue weighted by atomic mass is 35.5.